The van der Waals surface area contributed by atoms with E-state index in [0.717, 1.165) is 0 Å². The van der Waals surface area contributed by atoms with Crippen molar-refractivity contribution in [3.63, 3.8) is 0 Å². The van der Waals surface area contributed by atoms with Crippen LogP contribution in [0.1, 0.15) is 27.2 Å². The molecule has 1 aliphatic rings. The topological polar surface area (TPSA) is 55.8 Å². The molecule has 12 heavy (non-hydrogen) atoms. The lowest BCUT2D eigenvalue weighted by molar-refractivity contribution is -0.165. The van der Waals surface area contributed by atoms with Crippen LogP contribution < -0.4 is 0 Å². The Labute approximate surface area is 71.5 Å². The molecule has 0 aromatic heterocycles. The summed E-state index contributed by atoms with van der Waals surface area (Å²) in [6.07, 6.45) is -0.483. The lowest BCUT2D eigenvalue weighted by Gasteiger charge is -2.15. The van der Waals surface area contributed by atoms with Crippen molar-refractivity contribution in [2.24, 2.45) is 0 Å². The van der Waals surface area contributed by atoms with Gasteiger partial charge < -0.3 is 14.6 Å². The van der Waals surface area contributed by atoms with Gasteiger partial charge >= 0.3 is 5.97 Å². The molecule has 0 aromatic rings. The van der Waals surface area contributed by atoms with Gasteiger partial charge in [0.1, 0.15) is 0 Å². The van der Waals surface area contributed by atoms with Crippen molar-refractivity contribution in [1.82, 2.24) is 0 Å². The summed E-state index contributed by atoms with van der Waals surface area (Å²) in [4.78, 5) is 10.7. The maximum absolute atomic E-state index is 10.7. The Morgan fingerprint density at radius 2 is 2.08 bits per heavy atom. The molecule has 0 bridgehead atoms. The minimum atomic E-state index is -0.951. The van der Waals surface area contributed by atoms with Gasteiger partial charge in [0.05, 0.1) is 6.10 Å². The van der Waals surface area contributed by atoms with E-state index in [1.54, 1.807) is 13.8 Å². The normalized spacial score (nSPS) is 33.6. The summed E-state index contributed by atoms with van der Waals surface area (Å²) in [6.45, 7) is 5.32. The largest absolute Gasteiger partial charge is 0.479 e. The van der Waals surface area contributed by atoms with Crippen LogP contribution in [-0.2, 0) is 14.3 Å². The van der Waals surface area contributed by atoms with E-state index in [2.05, 4.69) is 0 Å². The fourth-order valence-electron chi connectivity index (χ4n) is 1.34. The lowest BCUT2D eigenvalue weighted by atomic mass is 10.1. The number of hydrogen-bond acceptors (Lipinski definition) is 3. The second-order valence-corrected chi connectivity index (χ2v) is 3.34. The van der Waals surface area contributed by atoms with Crippen LogP contribution >= 0.6 is 0 Å². The van der Waals surface area contributed by atoms with Crippen LogP contribution in [0.3, 0.4) is 0 Å². The van der Waals surface area contributed by atoms with E-state index in [4.69, 9.17) is 14.6 Å². The minimum absolute atomic E-state index is 0.322. The third kappa shape index (κ3) is 1.76. The highest BCUT2D eigenvalue weighted by atomic mass is 16.8. The summed E-state index contributed by atoms with van der Waals surface area (Å²) >= 11 is 0. The molecule has 0 radical (unpaired) electrons. The highest BCUT2D eigenvalue weighted by molar-refractivity contribution is 5.73. The maximum atomic E-state index is 10.7. The average Bonchev–Trinajstić information content (AvgIpc) is 2.25. The van der Waals surface area contributed by atoms with Gasteiger partial charge in [-0.2, -0.15) is 0 Å². The van der Waals surface area contributed by atoms with Crippen molar-refractivity contribution >= 4 is 5.97 Å². The predicted molar refractivity (Wildman–Crippen MR) is 41.8 cm³/mol. The van der Waals surface area contributed by atoms with Crippen molar-refractivity contribution in [1.29, 1.82) is 0 Å². The van der Waals surface area contributed by atoms with E-state index in [0.29, 0.717) is 6.42 Å². The molecule has 0 aliphatic carbocycles. The summed E-state index contributed by atoms with van der Waals surface area (Å²) in [7, 11) is 0. The quantitative estimate of drug-likeness (QED) is 0.678. The van der Waals surface area contributed by atoms with Crippen LogP contribution in [0.4, 0.5) is 0 Å². The Morgan fingerprint density at radius 1 is 1.50 bits per heavy atom. The highest BCUT2D eigenvalue weighted by Gasteiger charge is 2.44. The van der Waals surface area contributed by atoms with E-state index in [-0.39, 0.29) is 6.10 Å². The number of ether oxygens (including phenoxy) is 2. The van der Waals surface area contributed by atoms with Crippen molar-refractivity contribution in [2.45, 2.75) is 45.2 Å². The summed E-state index contributed by atoms with van der Waals surface area (Å²) in [6, 6.07) is 0. The Hall–Kier alpha value is -0.610. The third-order valence-electron chi connectivity index (χ3n) is 1.83. The monoisotopic (exact) mass is 174 g/mol. The zero-order chi connectivity index (χ0) is 9.35. The van der Waals surface area contributed by atoms with Crippen LogP contribution in [0.25, 0.3) is 0 Å². The number of carboxylic acid groups (broad SMARTS) is 1. The Bertz CT molecular complexity index is 187. The first kappa shape index (κ1) is 9.48. The Morgan fingerprint density at radius 3 is 2.42 bits per heavy atom. The van der Waals surface area contributed by atoms with Gasteiger partial charge in [-0.15, -0.1) is 0 Å². The van der Waals surface area contributed by atoms with E-state index in [1.165, 1.54) is 0 Å². The van der Waals surface area contributed by atoms with Crippen molar-refractivity contribution in [3.8, 4) is 0 Å². The molecule has 4 heteroatoms. The van der Waals surface area contributed by atoms with Gasteiger partial charge in [0.25, 0.3) is 0 Å². The molecular weight excluding hydrogens is 160 g/mol. The molecule has 1 aliphatic heterocycles. The van der Waals surface area contributed by atoms with Gasteiger partial charge in [-0.25, -0.2) is 4.79 Å². The molecule has 1 fully saturated rings. The van der Waals surface area contributed by atoms with E-state index in [9.17, 15) is 4.79 Å². The van der Waals surface area contributed by atoms with E-state index >= 15 is 0 Å². The summed E-state index contributed by atoms with van der Waals surface area (Å²) in [5.41, 5.74) is 0. The van der Waals surface area contributed by atoms with Crippen LogP contribution in [0.2, 0.25) is 0 Å². The van der Waals surface area contributed by atoms with Crippen molar-refractivity contribution < 1.29 is 19.4 Å². The van der Waals surface area contributed by atoms with Gasteiger partial charge in [-0.1, -0.05) is 6.92 Å². The second-order valence-electron chi connectivity index (χ2n) is 3.34. The van der Waals surface area contributed by atoms with Gasteiger partial charge in [-0.05, 0) is 20.3 Å². The van der Waals surface area contributed by atoms with Gasteiger partial charge in [0.15, 0.2) is 11.9 Å². The molecule has 1 heterocycles. The summed E-state index contributed by atoms with van der Waals surface area (Å²) in [5.74, 6) is -1.71. The molecule has 0 spiro atoms. The minimum Gasteiger partial charge on any atom is -0.479 e. The molecule has 0 amide bonds. The average molecular weight is 174 g/mol. The zero-order valence-electron chi connectivity index (χ0n) is 7.53. The van der Waals surface area contributed by atoms with Gasteiger partial charge in [0.2, 0.25) is 0 Å². The molecule has 1 rings (SSSR count). The molecule has 2 atom stereocenters. The standard InChI is InChI=1S/C8H14O4/c1-4-5-6(7(9)10)12-8(2,3)11-5/h5-6H,4H2,1-3H3,(H,9,10)/t5-,6-/m1/s1. The molecule has 1 N–H and O–H groups in total. The summed E-state index contributed by atoms with van der Waals surface area (Å²) < 4.78 is 10.6. The van der Waals surface area contributed by atoms with E-state index < -0.39 is 17.9 Å². The fourth-order valence-corrected chi connectivity index (χ4v) is 1.34. The molecular formula is C8H14O4. The van der Waals surface area contributed by atoms with Gasteiger partial charge in [-0.3, -0.25) is 0 Å². The zero-order valence-corrected chi connectivity index (χ0v) is 7.53. The molecule has 1 saturated heterocycles. The van der Waals surface area contributed by atoms with E-state index in [1.807, 2.05) is 6.92 Å². The molecule has 0 unspecified atom stereocenters. The van der Waals surface area contributed by atoms with Gasteiger partial charge in [0, 0.05) is 0 Å². The first-order valence-electron chi connectivity index (χ1n) is 4.04. The lowest BCUT2D eigenvalue weighted by Crippen LogP contribution is -2.30. The predicted octanol–water partition coefficient (Wildman–Crippen LogP) is 1.00. The molecule has 4 nitrogen and oxygen atoms in total. The maximum Gasteiger partial charge on any atom is 0.335 e. The molecule has 0 saturated carbocycles. The highest BCUT2D eigenvalue weighted by Crippen LogP contribution is 2.29. The number of rotatable bonds is 2. The summed E-state index contributed by atoms with van der Waals surface area (Å²) in [5, 5.41) is 8.74. The second kappa shape index (κ2) is 3.03. The Balaban J connectivity index is 2.69. The molecule has 70 valence electrons. The third-order valence-corrected chi connectivity index (χ3v) is 1.83. The first-order chi connectivity index (χ1) is 5.46. The van der Waals surface area contributed by atoms with Crippen LogP contribution in [0.5, 0.6) is 0 Å². The number of carbonyl (C=O) groups is 1. The molecule has 0 aromatic carbocycles. The van der Waals surface area contributed by atoms with Crippen LogP contribution in [0.15, 0.2) is 0 Å². The van der Waals surface area contributed by atoms with Crippen LogP contribution in [-0.4, -0.2) is 29.1 Å². The fraction of sp³-hybridized carbons (Fsp3) is 0.875. The smallest absolute Gasteiger partial charge is 0.335 e. The first-order valence-corrected chi connectivity index (χ1v) is 4.04. The number of carboxylic acids is 1. The van der Waals surface area contributed by atoms with Crippen molar-refractivity contribution in [2.75, 3.05) is 0 Å². The Kier molecular flexibility index (Phi) is 2.39. The number of aliphatic carboxylic acids is 1. The van der Waals surface area contributed by atoms with Crippen LogP contribution in [0, 0.1) is 0 Å². The van der Waals surface area contributed by atoms with Crippen molar-refractivity contribution in [3.05, 3.63) is 0 Å². The SMILES string of the molecule is CC[C@H]1OC(C)(C)O[C@H]1C(=O)O. The number of hydrogen-bond donors (Lipinski definition) is 1.